The van der Waals surface area contributed by atoms with Gasteiger partial charge in [0.1, 0.15) is 22.8 Å². The molecule has 1 N–H and O–H groups in total. The van der Waals surface area contributed by atoms with Gasteiger partial charge in [-0.3, -0.25) is 4.31 Å². The minimum atomic E-state index is -3.94. The number of hydrogen-bond donors (Lipinski definition) is 1. The van der Waals surface area contributed by atoms with Crippen molar-refractivity contribution in [3.8, 4) is 5.75 Å². The molecule has 0 bridgehead atoms. The highest BCUT2D eigenvalue weighted by molar-refractivity contribution is 7.92. The van der Waals surface area contributed by atoms with Gasteiger partial charge in [0.25, 0.3) is 10.0 Å². The zero-order valence-electron chi connectivity index (χ0n) is 17.2. The Balaban J connectivity index is 1.76. The number of ether oxygens (including phenoxy) is 1. The van der Waals surface area contributed by atoms with Crippen LogP contribution in [0.1, 0.15) is 17.1 Å². The normalized spacial score (nSPS) is 13.3. The van der Waals surface area contributed by atoms with E-state index in [0.717, 1.165) is 11.3 Å². The molecule has 4 aromatic rings. The Hall–Kier alpha value is -3.59. The molecule has 0 aliphatic carbocycles. The summed E-state index contributed by atoms with van der Waals surface area (Å²) in [6.45, 7) is 3.72. The molecule has 3 heterocycles. The zero-order valence-corrected chi connectivity index (χ0v) is 18.0. The van der Waals surface area contributed by atoms with Crippen LogP contribution < -0.4 is 14.4 Å². The summed E-state index contributed by atoms with van der Waals surface area (Å²) in [4.78, 5) is 9.10. The van der Waals surface area contributed by atoms with Crippen molar-refractivity contribution < 1.29 is 17.6 Å². The number of anilines is 3. The maximum Gasteiger partial charge on any atom is 0.264 e. The number of hydrogen-bond acceptors (Lipinski definition) is 7. The van der Waals surface area contributed by atoms with Crippen molar-refractivity contribution in [1.82, 2.24) is 9.97 Å². The van der Waals surface area contributed by atoms with Gasteiger partial charge in [-0.1, -0.05) is 6.07 Å². The number of fused-ring (bicyclic) bond motifs is 4. The number of aryl methyl sites for hydroxylation is 2. The van der Waals surface area contributed by atoms with E-state index in [0.29, 0.717) is 39.9 Å². The van der Waals surface area contributed by atoms with Crippen molar-refractivity contribution in [1.29, 1.82) is 0 Å². The lowest BCUT2D eigenvalue weighted by molar-refractivity contribution is 0.414. The zero-order chi connectivity index (χ0) is 21.8. The van der Waals surface area contributed by atoms with Gasteiger partial charge in [0.05, 0.1) is 24.2 Å². The predicted molar refractivity (Wildman–Crippen MR) is 117 cm³/mol. The van der Waals surface area contributed by atoms with Crippen molar-refractivity contribution in [2.45, 2.75) is 25.3 Å². The number of oxazole rings is 1. The van der Waals surface area contributed by atoms with Gasteiger partial charge in [-0.05, 0) is 49.4 Å². The van der Waals surface area contributed by atoms with E-state index in [-0.39, 0.29) is 11.4 Å². The second kappa shape index (κ2) is 6.98. The Kier molecular flexibility index (Phi) is 4.37. The molecular formula is C22H20N4O4S. The third kappa shape index (κ3) is 3.17. The number of nitrogens with one attached hydrogen (secondary N) is 1. The molecule has 5 rings (SSSR count). The number of benzene rings is 2. The van der Waals surface area contributed by atoms with Gasteiger partial charge < -0.3 is 14.5 Å². The van der Waals surface area contributed by atoms with Gasteiger partial charge in [0, 0.05) is 18.2 Å². The Labute approximate surface area is 179 Å². The molecule has 0 spiro atoms. The summed E-state index contributed by atoms with van der Waals surface area (Å²) < 4.78 is 40.0. The van der Waals surface area contributed by atoms with Crippen LogP contribution in [0.15, 0.2) is 57.8 Å². The maximum atomic E-state index is 13.8. The largest absolute Gasteiger partial charge is 0.497 e. The molecule has 0 fully saturated rings. The van der Waals surface area contributed by atoms with Crippen LogP contribution in [0.5, 0.6) is 5.75 Å². The Morgan fingerprint density at radius 1 is 1.03 bits per heavy atom. The van der Waals surface area contributed by atoms with Crippen LogP contribution in [0.25, 0.3) is 11.1 Å². The smallest absolute Gasteiger partial charge is 0.264 e. The van der Waals surface area contributed by atoms with Gasteiger partial charge in [-0.15, -0.1) is 0 Å². The van der Waals surface area contributed by atoms with Crippen LogP contribution in [-0.4, -0.2) is 25.5 Å². The number of aromatic nitrogens is 2. The van der Waals surface area contributed by atoms with E-state index in [2.05, 4.69) is 15.3 Å². The summed E-state index contributed by atoms with van der Waals surface area (Å²) in [5.74, 6) is 1.65. The molecule has 31 heavy (non-hydrogen) atoms. The summed E-state index contributed by atoms with van der Waals surface area (Å²) in [7, 11) is -2.40. The fourth-order valence-corrected chi connectivity index (χ4v) is 5.17. The fourth-order valence-electron chi connectivity index (χ4n) is 3.70. The SMILES string of the molecule is COc1ccc(S(=O)(=O)N2Cc3ccc(C)nc3Nc3ccc4nc(C)oc4c32)cc1. The summed E-state index contributed by atoms with van der Waals surface area (Å²) in [5, 5.41) is 3.29. The van der Waals surface area contributed by atoms with Crippen molar-refractivity contribution in [3.05, 3.63) is 65.7 Å². The molecule has 0 unspecified atom stereocenters. The highest BCUT2D eigenvalue weighted by Crippen LogP contribution is 2.43. The van der Waals surface area contributed by atoms with Crippen LogP contribution >= 0.6 is 0 Å². The van der Waals surface area contributed by atoms with Gasteiger partial charge in [-0.2, -0.15) is 0 Å². The molecule has 0 saturated carbocycles. The summed E-state index contributed by atoms with van der Waals surface area (Å²) in [5.41, 5.74) is 3.56. The first-order chi connectivity index (χ1) is 14.9. The average molecular weight is 436 g/mol. The minimum Gasteiger partial charge on any atom is -0.497 e. The standard InChI is InChI=1S/C22H20N4O4S/c1-13-4-5-15-12-26(31(27,28)17-8-6-16(29-3)7-9-17)20-18(25-22(15)23-13)10-11-19-21(20)30-14(2)24-19/h4-11H,12H2,1-3H3,(H,23,25). The molecule has 2 aromatic heterocycles. The summed E-state index contributed by atoms with van der Waals surface area (Å²) >= 11 is 0. The average Bonchev–Trinajstić information content (AvgIpc) is 3.05. The van der Waals surface area contributed by atoms with E-state index in [9.17, 15) is 8.42 Å². The van der Waals surface area contributed by atoms with E-state index in [4.69, 9.17) is 9.15 Å². The van der Waals surface area contributed by atoms with E-state index in [1.54, 1.807) is 31.2 Å². The molecule has 0 atom stereocenters. The van der Waals surface area contributed by atoms with Gasteiger partial charge in [-0.25, -0.2) is 18.4 Å². The van der Waals surface area contributed by atoms with E-state index < -0.39 is 10.0 Å². The molecule has 0 radical (unpaired) electrons. The molecule has 0 saturated heterocycles. The lowest BCUT2D eigenvalue weighted by Gasteiger charge is -2.24. The second-order valence-electron chi connectivity index (χ2n) is 7.32. The van der Waals surface area contributed by atoms with Gasteiger partial charge >= 0.3 is 0 Å². The first kappa shape index (κ1) is 19.4. The Morgan fingerprint density at radius 3 is 2.55 bits per heavy atom. The predicted octanol–water partition coefficient (Wildman–Crippen LogP) is 4.30. The first-order valence-corrected chi connectivity index (χ1v) is 11.1. The lowest BCUT2D eigenvalue weighted by Crippen LogP contribution is -2.30. The summed E-state index contributed by atoms with van der Waals surface area (Å²) in [6.07, 6.45) is 0. The molecular weight excluding hydrogens is 416 g/mol. The first-order valence-electron chi connectivity index (χ1n) is 9.67. The topological polar surface area (TPSA) is 97.6 Å². The third-order valence-electron chi connectivity index (χ3n) is 5.22. The molecule has 158 valence electrons. The van der Waals surface area contributed by atoms with Crippen molar-refractivity contribution in [2.75, 3.05) is 16.7 Å². The van der Waals surface area contributed by atoms with Crippen LogP contribution in [0.4, 0.5) is 17.2 Å². The van der Waals surface area contributed by atoms with E-state index in [1.165, 1.54) is 23.5 Å². The fraction of sp³-hybridized carbons (Fsp3) is 0.182. The number of sulfonamides is 1. The van der Waals surface area contributed by atoms with Crippen molar-refractivity contribution >= 4 is 38.3 Å². The monoisotopic (exact) mass is 436 g/mol. The molecule has 9 heteroatoms. The second-order valence-corrected chi connectivity index (χ2v) is 9.18. The summed E-state index contributed by atoms with van der Waals surface area (Å²) in [6, 6.07) is 13.7. The molecule has 1 aliphatic heterocycles. The number of nitrogens with zero attached hydrogens (tertiary/aromatic N) is 3. The minimum absolute atomic E-state index is 0.0931. The van der Waals surface area contributed by atoms with Crippen molar-refractivity contribution in [2.24, 2.45) is 0 Å². The number of methoxy groups -OCH3 is 1. The highest BCUT2D eigenvalue weighted by Gasteiger charge is 2.33. The van der Waals surface area contributed by atoms with Gasteiger partial charge in [0.15, 0.2) is 11.5 Å². The highest BCUT2D eigenvalue weighted by atomic mass is 32.2. The molecule has 0 amide bonds. The molecule has 8 nitrogen and oxygen atoms in total. The van der Waals surface area contributed by atoms with Crippen LogP contribution in [-0.2, 0) is 16.6 Å². The van der Waals surface area contributed by atoms with E-state index >= 15 is 0 Å². The van der Waals surface area contributed by atoms with Crippen LogP contribution in [0.3, 0.4) is 0 Å². The number of pyridine rings is 1. The van der Waals surface area contributed by atoms with Gasteiger partial charge in [0.2, 0.25) is 0 Å². The van der Waals surface area contributed by atoms with Crippen LogP contribution in [0.2, 0.25) is 0 Å². The Bertz CT molecular complexity index is 1410. The quantitative estimate of drug-likeness (QED) is 0.511. The lowest BCUT2D eigenvalue weighted by atomic mass is 10.2. The van der Waals surface area contributed by atoms with Crippen LogP contribution in [0, 0.1) is 13.8 Å². The third-order valence-corrected chi connectivity index (χ3v) is 6.98. The molecule has 2 aromatic carbocycles. The maximum absolute atomic E-state index is 13.8. The number of rotatable bonds is 3. The Morgan fingerprint density at radius 2 is 1.81 bits per heavy atom. The van der Waals surface area contributed by atoms with E-state index in [1.807, 2.05) is 19.1 Å². The van der Waals surface area contributed by atoms with Crippen molar-refractivity contribution in [3.63, 3.8) is 0 Å². The molecule has 1 aliphatic rings.